The summed E-state index contributed by atoms with van der Waals surface area (Å²) in [5, 5.41) is 3.53. The van der Waals surface area contributed by atoms with E-state index in [-0.39, 0.29) is 5.91 Å². The fourth-order valence-corrected chi connectivity index (χ4v) is 2.61. The van der Waals surface area contributed by atoms with Gasteiger partial charge in [-0.2, -0.15) is 0 Å². The highest BCUT2D eigenvalue weighted by atomic mass is 35.5. The van der Waals surface area contributed by atoms with Crippen molar-refractivity contribution in [2.24, 2.45) is 0 Å². The molecule has 0 fully saturated rings. The number of aryl methyl sites for hydroxylation is 2. The number of rotatable bonds is 3. The molecule has 0 unspecified atom stereocenters. The number of hydrogen-bond donors (Lipinski definition) is 1. The monoisotopic (exact) mass is 313 g/mol. The Morgan fingerprint density at radius 1 is 1.32 bits per heavy atom. The van der Waals surface area contributed by atoms with Gasteiger partial charge in [-0.1, -0.05) is 30.7 Å². The van der Waals surface area contributed by atoms with Crippen molar-refractivity contribution in [1.29, 1.82) is 0 Å². The Bertz CT molecular complexity index is 854. The predicted molar refractivity (Wildman–Crippen MR) is 88.7 cm³/mol. The summed E-state index contributed by atoms with van der Waals surface area (Å²) in [5.74, 6) is -0.180. The van der Waals surface area contributed by atoms with Gasteiger partial charge >= 0.3 is 0 Å². The molecule has 0 aliphatic rings. The van der Waals surface area contributed by atoms with Crippen molar-refractivity contribution >= 4 is 28.8 Å². The third-order valence-corrected chi connectivity index (χ3v) is 3.84. The molecule has 0 saturated carbocycles. The molecule has 0 spiro atoms. The second-order valence-electron chi connectivity index (χ2n) is 5.10. The normalized spacial score (nSPS) is 10.9. The number of hydrogen-bond acceptors (Lipinski definition) is 2. The van der Waals surface area contributed by atoms with Gasteiger partial charge in [0.15, 0.2) is 0 Å². The summed E-state index contributed by atoms with van der Waals surface area (Å²) in [6, 6.07) is 11.1. The van der Waals surface area contributed by atoms with Gasteiger partial charge in [-0.3, -0.25) is 9.20 Å². The average molecular weight is 314 g/mol. The minimum atomic E-state index is -0.180. The number of fused-ring (bicyclic) bond motifs is 1. The van der Waals surface area contributed by atoms with Gasteiger partial charge in [0.25, 0.3) is 5.91 Å². The van der Waals surface area contributed by atoms with Crippen LogP contribution in [0.4, 0.5) is 5.69 Å². The quantitative estimate of drug-likeness (QED) is 0.791. The van der Waals surface area contributed by atoms with Gasteiger partial charge in [-0.15, -0.1) is 0 Å². The molecule has 1 aromatic carbocycles. The van der Waals surface area contributed by atoms with Gasteiger partial charge in [-0.25, -0.2) is 4.98 Å². The van der Waals surface area contributed by atoms with Crippen LogP contribution in [-0.4, -0.2) is 15.3 Å². The molecule has 3 rings (SSSR count). The van der Waals surface area contributed by atoms with Crippen molar-refractivity contribution in [2.75, 3.05) is 5.32 Å². The van der Waals surface area contributed by atoms with E-state index >= 15 is 0 Å². The first-order valence-corrected chi connectivity index (χ1v) is 7.51. The average Bonchev–Trinajstić information content (AvgIpc) is 2.89. The second kappa shape index (κ2) is 5.81. The molecule has 0 atom stereocenters. The van der Waals surface area contributed by atoms with E-state index in [4.69, 9.17) is 11.6 Å². The van der Waals surface area contributed by atoms with E-state index in [2.05, 4.69) is 10.3 Å². The lowest BCUT2D eigenvalue weighted by Gasteiger charge is -2.09. The van der Waals surface area contributed by atoms with E-state index in [1.54, 1.807) is 12.1 Å². The standard InChI is InChI=1S/C17H16ClN3O/c1-3-13-16(21-9-5-4-6-15(21)19-13)17(22)20-14-10-12(18)8-7-11(14)2/h4-10H,3H2,1-2H3,(H,20,22). The van der Waals surface area contributed by atoms with Crippen LogP contribution < -0.4 is 5.32 Å². The van der Waals surface area contributed by atoms with Crippen molar-refractivity contribution < 1.29 is 4.79 Å². The molecule has 2 heterocycles. The van der Waals surface area contributed by atoms with Crippen molar-refractivity contribution in [3.63, 3.8) is 0 Å². The number of benzene rings is 1. The molecule has 1 amide bonds. The molecular weight excluding hydrogens is 298 g/mol. The first kappa shape index (κ1) is 14.6. The van der Waals surface area contributed by atoms with Gasteiger partial charge < -0.3 is 5.32 Å². The number of halogens is 1. The molecule has 4 nitrogen and oxygen atoms in total. The van der Waals surface area contributed by atoms with Crippen LogP contribution in [0, 0.1) is 6.92 Å². The maximum Gasteiger partial charge on any atom is 0.274 e. The molecule has 0 radical (unpaired) electrons. The van der Waals surface area contributed by atoms with E-state index in [0.29, 0.717) is 22.8 Å². The molecular formula is C17H16ClN3O. The number of anilines is 1. The van der Waals surface area contributed by atoms with Gasteiger partial charge in [-0.05, 0) is 43.2 Å². The number of pyridine rings is 1. The molecule has 112 valence electrons. The number of nitrogens with one attached hydrogen (secondary N) is 1. The molecule has 0 aliphatic carbocycles. The van der Waals surface area contributed by atoms with E-state index in [1.165, 1.54) is 0 Å². The lowest BCUT2D eigenvalue weighted by Crippen LogP contribution is -2.16. The van der Waals surface area contributed by atoms with Crippen LogP contribution >= 0.6 is 11.6 Å². The summed E-state index contributed by atoms with van der Waals surface area (Å²) in [7, 11) is 0. The van der Waals surface area contributed by atoms with E-state index in [1.807, 2.05) is 48.7 Å². The molecule has 0 aliphatic heterocycles. The molecule has 5 heteroatoms. The second-order valence-corrected chi connectivity index (χ2v) is 5.54. The van der Waals surface area contributed by atoms with Crippen LogP contribution in [0.3, 0.4) is 0 Å². The fourth-order valence-electron chi connectivity index (χ4n) is 2.44. The Kier molecular flexibility index (Phi) is 3.86. The van der Waals surface area contributed by atoms with Gasteiger partial charge in [0.05, 0.1) is 5.69 Å². The summed E-state index contributed by atoms with van der Waals surface area (Å²) in [6.45, 7) is 3.92. The third-order valence-electron chi connectivity index (χ3n) is 3.60. The van der Waals surface area contributed by atoms with Crippen LogP contribution in [0.2, 0.25) is 5.02 Å². The number of imidazole rings is 1. The van der Waals surface area contributed by atoms with Crippen molar-refractivity contribution in [3.05, 3.63) is 64.6 Å². The van der Waals surface area contributed by atoms with Gasteiger partial charge in [0, 0.05) is 16.9 Å². The van der Waals surface area contributed by atoms with E-state index < -0.39 is 0 Å². The van der Waals surface area contributed by atoms with Gasteiger partial charge in [0.1, 0.15) is 11.3 Å². The maximum atomic E-state index is 12.7. The zero-order valence-electron chi connectivity index (χ0n) is 12.4. The zero-order valence-corrected chi connectivity index (χ0v) is 13.2. The summed E-state index contributed by atoms with van der Waals surface area (Å²) >= 11 is 6.01. The summed E-state index contributed by atoms with van der Waals surface area (Å²) < 4.78 is 1.81. The number of aromatic nitrogens is 2. The molecule has 0 bridgehead atoms. The Balaban J connectivity index is 2.03. The Morgan fingerprint density at radius 3 is 2.91 bits per heavy atom. The molecule has 2 aromatic heterocycles. The highest BCUT2D eigenvalue weighted by Crippen LogP contribution is 2.22. The first-order chi connectivity index (χ1) is 10.6. The topological polar surface area (TPSA) is 46.4 Å². The molecule has 0 saturated heterocycles. The van der Waals surface area contributed by atoms with Gasteiger partial charge in [0.2, 0.25) is 0 Å². The van der Waals surface area contributed by atoms with Crippen molar-refractivity contribution in [3.8, 4) is 0 Å². The number of carbonyl (C=O) groups excluding carboxylic acids is 1. The lowest BCUT2D eigenvalue weighted by atomic mass is 10.2. The Morgan fingerprint density at radius 2 is 2.14 bits per heavy atom. The SMILES string of the molecule is CCc1nc2ccccn2c1C(=O)Nc1cc(Cl)ccc1C. The minimum absolute atomic E-state index is 0.180. The zero-order chi connectivity index (χ0) is 15.7. The first-order valence-electron chi connectivity index (χ1n) is 7.13. The number of nitrogens with zero attached hydrogens (tertiary/aromatic N) is 2. The lowest BCUT2D eigenvalue weighted by molar-refractivity contribution is 0.102. The van der Waals surface area contributed by atoms with Crippen molar-refractivity contribution in [1.82, 2.24) is 9.38 Å². The van der Waals surface area contributed by atoms with Crippen LogP contribution in [0.5, 0.6) is 0 Å². The summed E-state index contributed by atoms with van der Waals surface area (Å²) in [5.41, 5.74) is 3.79. The van der Waals surface area contributed by atoms with Crippen LogP contribution in [0.15, 0.2) is 42.6 Å². The van der Waals surface area contributed by atoms with Crippen molar-refractivity contribution in [2.45, 2.75) is 20.3 Å². The molecule has 1 N–H and O–H groups in total. The Hall–Kier alpha value is -2.33. The minimum Gasteiger partial charge on any atom is -0.320 e. The summed E-state index contributed by atoms with van der Waals surface area (Å²) in [6.07, 6.45) is 2.54. The number of amides is 1. The largest absolute Gasteiger partial charge is 0.320 e. The summed E-state index contributed by atoms with van der Waals surface area (Å²) in [4.78, 5) is 17.2. The van der Waals surface area contributed by atoms with Crippen LogP contribution in [0.1, 0.15) is 28.7 Å². The van der Waals surface area contributed by atoms with Crippen LogP contribution in [0.25, 0.3) is 5.65 Å². The smallest absolute Gasteiger partial charge is 0.274 e. The Labute approximate surface area is 133 Å². The highest BCUT2D eigenvalue weighted by molar-refractivity contribution is 6.31. The fraction of sp³-hybridized carbons (Fsp3) is 0.176. The van der Waals surface area contributed by atoms with Crippen LogP contribution in [-0.2, 0) is 6.42 Å². The maximum absolute atomic E-state index is 12.7. The van der Waals surface area contributed by atoms with E-state index in [0.717, 1.165) is 16.9 Å². The van der Waals surface area contributed by atoms with E-state index in [9.17, 15) is 4.79 Å². The number of carbonyl (C=O) groups is 1. The predicted octanol–water partition coefficient (Wildman–Crippen LogP) is 4.11. The molecule has 22 heavy (non-hydrogen) atoms. The highest BCUT2D eigenvalue weighted by Gasteiger charge is 2.18. The third kappa shape index (κ3) is 2.57. The molecule has 3 aromatic rings.